The molecule has 3 heteroatoms. The van der Waals surface area contributed by atoms with E-state index in [4.69, 9.17) is 11.6 Å². The van der Waals surface area contributed by atoms with Crippen LogP contribution < -0.4 is 0 Å². The summed E-state index contributed by atoms with van der Waals surface area (Å²) in [7, 11) is 0. The minimum Gasteiger partial charge on any atom is -0.385 e. The lowest BCUT2D eigenvalue weighted by Crippen LogP contribution is -2.25. The minimum absolute atomic E-state index is 0.228. The Morgan fingerprint density at radius 1 is 1.30 bits per heavy atom. The fourth-order valence-corrected chi connectivity index (χ4v) is 3.31. The third kappa shape index (κ3) is 2.23. The summed E-state index contributed by atoms with van der Waals surface area (Å²) in [6, 6.07) is 10.7. The molecule has 0 fully saturated rings. The average molecular weight is 291 g/mol. The number of halogens is 2. The summed E-state index contributed by atoms with van der Waals surface area (Å²) in [5, 5.41) is 11.5. The van der Waals surface area contributed by atoms with Crippen molar-refractivity contribution in [3.8, 4) is 0 Å². The summed E-state index contributed by atoms with van der Waals surface area (Å²) in [4.78, 5) is 0. The molecule has 0 spiro atoms. The van der Waals surface area contributed by atoms with Gasteiger partial charge in [-0.1, -0.05) is 35.9 Å². The topological polar surface area (TPSA) is 20.2 Å². The summed E-state index contributed by atoms with van der Waals surface area (Å²) in [5.74, 6) is -0.228. The second kappa shape index (κ2) is 4.87. The first-order chi connectivity index (χ1) is 9.49. The fourth-order valence-electron chi connectivity index (χ4n) is 3.01. The van der Waals surface area contributed by atoms with Crippen molar-refractivity contribution in [3.05, 3.63) is 69.5 Å². The maximum atomic E-state index is 13.8. The van der Waals surface area contributed by atoms with E-state index in [-0.39, 0.29) is 5.82 Å². The molecule has 104 valence electrons. The highest BCUT2D eigenvalue weighted by atomic mass is 35.5. The van der Waals surface area contributed by atoms with Crippen LogP contribution in [0.2, 0.25) is 5.02 Å². The molecule has 0 bridgehead atoms. The number of aryl methyl sites for hydroxylation is 1. The van der Waals surface area contributed by atoms with Crippen LogP contribution in [-0.4, -0.2) is 5.11 Å². The summed E-state index contributed by atoms with van der Waals surface area (Å²) >= 11 is 6.24. The highest BCUT2D eigenvalue weighted by Gasteiger charge is 2.38. The van der Waals surface area contributed by atoms with Gasteiger partial charge < -0.3 is 5.11 Å². The number of aliphatic hydroxyl groups is 1. The Balaban J connectivity index is 1.98. The van der Waals surface area contributed by atoms with Crippen LogP contribution in [-0.2, 0) is 18.4 Å². The Hall–Kier alpha value is -1.38. The van der Waals surface area contributed by atoms with Gasteiger partial charge in [0, 0.05) is 11.4 Å². The first-order valence-electron chi connectivity index (χ1n) is 6.75. The molecule has 0 aliphatic heterocycles. The molecule has 20 heavy (non-hydrogen) atoms. The maximum Gasteiger partial charge on any atom is 0.126 e. The zero-order valence-electron chi connectivity index (χ0n) is 11.3. The van der Waals surface area contributed by atoms with Gasteiger partial charge in [0.2, 0.25) is 0 Å². The Morgan fingerprint density at radius 3 is 2.85 bits per heavy atom. The number of hydrogen-bond donors (Lipinski definition) is 1. The molecule has 1 aliphatic carbocycles. The van der Waals surface area contributed by atoms with Gasteiger partial charge in [0.1, 0.15) is 5.82 Å². The number of hydrogen-bond acceptors (Lipinski definition) is 1. The zero-order valence-corrected chi connectivity index (χ0v) is 12.0. The van der Waals surface area contributed by atoms with Gasteiger partial charge >= 0.3 is 0 Å². The van der Waals surface area contributed by atoms with E-state index in [0.717, 1.165) is 11.1 Å². The van der Waals surface area contributed by atoms with Crippen LogP contribution >= 0.6 is 11.6 Å². The van der Waals surface area contributed by atoms with Crippen LogP contribution in [0.25, 0.3) is 0 Å². The van der Waals surface area contributed by atoms with Gasteiger partial charge in [-0.3, -0.25) is 0 Å². The molecule has 1 aliphatic rings. The van der Waals surface area contributed by atoms with Gasteiger partial charge in [0.25, 0.3) is 0 Å². The summed E-state index contributed by atoms with van der Waals surface area (Å²) in [6.45, 7) is 1.98. The van der Waals surface area contributed by atoms with E-state index >= 15 is 0 Å². The largest absolute Gasteiger partial charge is 0.385 e. The van der Waals surface area contributed by atoms with Crippen molar-refractivity contribution in [1.82, 2.24) is 0 Å². The number of fused-ring (bicyclic) bond motifs is 1. The predicted molar refractivity (Wildman–Crippen MR) is 78.5 cm³/mol. The standard InChI is InChI=1S/C17H16ClFO/c1-11-5-6-12(15(18)9-11)10-17(20)8-7-13-14(17)3-2-4-16(13)19/h2-6,9,20H,7-8,10H2,1H3. The molecule has 0 radical (unpaired) electrons. The van der Waals surface area contributed by atoms with E-state index in [1.807, 2.05) is 31.2 Å². The zero-order chi connectivity index (χ0) is 14.3. The van der Waals surface area contributed by atoms with Crippen molar-refractivity contribution < 1.29 is 9.50 Å². The molecule has 0 heterocycles. The fraction of sp³-hybridized carbons (Fsp3) is 0.294. The Kier molecular flexibility index (Phi) is 3.31. The Labute approximate surface area is 123 Å². The van der Waals surface area contributed by atoms with Gasteiger partial charge in [0.15, 0.2) is 0 Å². The monoisotopic (exact) mass is 290 g/mol. The van der Waals surface area contributed by atoms with E-state index in [0.29, 0.717) is 35.4 Å². The Bertz CT molecular complexity index is 668. The van der Waals surface area contributed by atoms with Crippen molar-refractivity contribution in [2.24, 2.45) is 0 Å². The number of rotatable bonds is 2. The van der Waals surface area contributed by atoms with Crippen molar-refractivity contribution in [1.29, 1.82) is 0 Å². The van der Waals surface area contributed by atoms with E-state index < -0.39 is 5.60 Å². The molecule has 0 saturated heterocycles. The first kappa shape index (κ1) is 13.6. The smallest absolute Gasteiger partial charge is 0.126 e. The molecule has 0 aromatic heterocycles. The molecule has 0 saturated carbocycles. The number of benzene rings is 2. The van der Waals surface area contributed by atoms with Gasteiger partial charge in [-0.15, -0.1) is 0 Å². The van der Waals surface area contributed by atoms with Crippen molar-refractivity contribution in [3.63, 3.8) is 0 Å². The highest BCUT2D eigenvalue weighted by molar-refractivity contribution is 6.31. The van der Waals surface area contributed by atoms with Gasteiger partial charge in [0.05, 0.1) is 5.60 Å². The van der Waals surface area contributed by atoms with Gasteiger partial charge in [-0.2, -0.15) is 0 Å². The second-order valence-electron chi connectivity index (χ2n) is 5.57. The molecule has 2 aromatic carbocycles. The van der Waals surface area contributed by atoms with Gasteiger partial charge in [-0.05, 0) is 54.2 Å². The van der Waals surface area contributed by atoms with Crippen LogP contribution in [0.1, 0.15) is 28.7 Å². The Morgan fingerprint density at radius 2 is 2.10 bits per heavy atom. The van der Waals surface area contributed by atoms with Crippen LogP contribution in [0.3, 0.4) is 0 Å². The molecule has 3 rings (SSSR count). The van der Waals surface area contributed by atoms with Crippen LogP contribution in [0, 0.1) is 12.7 Å². The normalized spacial score (nSPS) is 21.0. The molecular formula is C17H16ClFO. The third-order valence-electron chi connectivity index (χ3n) is 4.10. The minimum atomic E-state index is -1.02. The summed E-state index contributed by atoms with van der Waals surface area (Å²) in [6.07, 6.45) is 1.53. The SMILES string of the molecule is Cc1ccc(CC2(O)CCc3c(F)cccc32)c(Cl)c1. The molecule has 0 amide bonds. The molecule has 1 N–H and O–H groups in total. The van der Waals surface area contributed by atoms with Crippen LogP contribution in [0.4, 0.5) is 4.39 Å². The molecular weight excluding hydrogens is 275 g/mol. The van der Waals surface area contributed by atoms with Crippen molar-refractivity contribution >= 4 is 11.6 Å². The molecule has 1 nitrogen and oxygen atoms in total. The lowest BCUT2D eigenvalue weighted by molar-refractivity contribution is 0.0389. The lowest BCUT2D eigenvalue weighted by Gasteiger charge is -2.25. The predicted octanol–water partition coefficient (Wildman–Crippen LogP) is 4.16. The quantitative estimate of drug-likeness (QED) is 0.880. The average Bonchev–Trinajstić information content (AvgIpc) is 2.73. The van der Waals surface area contributed by atoms with E-state index in [1.165, 1.54) is 6.07 Å². The van der Waals surface area contributed by atoms with Crippen molar-refractivity contribution in [2.75, 3.05) is 0 Å². The molecule has 1 atom stereocenters. The lowest BCUT2D eigenvalue weighted by atomic mass is 9.88. The summed E-state index contributed by atoms with van der Waals surface area (Å²) < 4.78 is 13.8. The molecule has 1 unspecified atom stereocenters. The second-order valence-corrected chi connectivity index (χ2v) is 5.98. The van der Waals surface area contributed by atoms with Crippen LogP contribution in [0.5, 0.6) is 0 Å². The summed E-state index contributed by atoms with van der Waals surface area (Å²) in [5.41, 5.74) is 2.31. The van der Waals surface area contributed by atoms with E-state index in [1.54, 1.807) is 6.07 Å². The van der Waals surface area contributed by atoms with E-state index in [9.17, 15) is 9.50 Å². The van der Waals surface area contributed by atoms with Crippen molar-refractivity contribution in [2.45, 2.75) is 31.8 Å². The highest BCUT2D eigenvalue weighted by Crippen LogP contribution is 2.41. The molecule has 2 aromatic rings. The van der Waals surface area contributed by atoms with Crippen LogP contribution in [0.15, 0.2) is 36.4 Å². The first-order valence-corrected chi connectivity index (χ1v) is 7.13. The van der Waals surface area contributed by atoms with E-state index in [2.05, 4.69) is 0 Å². The van der Waals surface area contributed by atoms with Gasteiger partial charge in [-0.25, -0.2) is 4.39 Å². The third-order valence-corrected chi connectivity index (χ3v) is 4.45. The maximum absolute atomic E-state index is 13.8.